The highest BCUT2D eigenvalue weighted by molar-refractivity contribution is 5.43. The molecule has 0 radical (unpaired) electrons. The van der Waals surface area contributed by atoms with Crippen molar-refractivity contribution in [3.63, 3.8) is 0 Å². The van der Waals surface area contributed by atoms with Crippen LogP contribution in [0, 0.1) is 0 Å². The van der Waals surface area contributed by atoms with Crippen LogP contribution in [0.5, 0.6) is 11.5 Å². The summed E-state index contributed by atoms with van der Waals surface area (Å²) in [6.45, 7) is 0. The van der Waals surface area contributed by atoms with Gasteiger partial charge in [-0.1, -0.05) is 11.3 Å². The smallest absolute Gasteiger partial charge is 0.160 e. The molecule has 114 valence electrons. The molecule has 0 amide bonds. The molecule has 1 aromatic carbocycles. The van der Waals surface area contributed by atoms with Crippen LogP contribution >= 0.6 is 0 Å². The highest BCUT2D eigenvalue weighted by atomic mass is 16.5. The molecule has 3 N–H and O–H groups in total. The number of nitrogens with two attached hydrogens (primary N) is 1. The third kappa shape index (κ3) is 3.93. The van der Waals surface area contributed by atoms with Crippen LogP contribution in [0.25, 0.3) is 0 Å². The van der Waals surface area contributed by atoms with Gasteiger partial charge in [0.25, 0.3) is 0 Å². The highest BCUT2D eigenvalue weighted by Gasteiger charge is 2.13. The Balaban J connectivity index is 2.07. The molecule has 1 heterocycles. The number of nitrogens with zero attached hydrogens (tertiary/aromatic N) is 3. The summed E-state index contributed by atoms with van der Waals surface area (Å²) in [4.78, 5) is 0. The maximum absolute atomic E-state index is 5.64. The third-order valence-corrected chi connectivity index (χ3v) is 3.27. The van der Waals surface area contributed by atoms with Crippen molar-refractivity contribution in [2.24, 2.45) is 12.9 Å². The Labute approximate surface area is 124 Å². The van der Waals surface area contributed by atoms with Crippen molar-refractivity contribution < 1.29 is 9.47 Å². The Morgan fingerprint density at radius 3 is 2.57 bits per heavy atom. The van der Waals surface area contributed by atoms with E-state index in [2.05, 4.69) is 15.7 Å². The third-order valence-electron chi connectivity index (χ3n) is 3.27. The first-order valence-electron chi connectivity index (χ1n) is 6.68. The van der Waals surface area contributed by atoms with E-state index >= 15 is 0 Å². The van der Waals surface area contributed by atoms with Crippen LogP contribution in [0.1, 0.15) is 11.3 Å². The molecule has 0 fully saturated rings. The quantitative estimate of drug-likeness (QED) is 0.569. The molecule has 0 aliphatic rings. The number of aryl methyl sites for hydroxylation is 1. The molecule has 0 saturated carbocycles. The lowest BCUT2D eigenvalue weighted by molar-refractivity contribution is 0.354. The van der Waals surface area contributed by atoms with E-state index in [4.69, 9.17) is 15.3 Å². The van der Waals surface area contributed by atoms with Crippen LogP contribution < -0.4 is 20.7 Å². The predicted octanol–water partition coefficient (Wildman–Crippen LogP) is 0.449. The van der Waals surface area contributed by atoms with Gasteiger partial charge >= 0.3 is 0 Å². The van der Waals surface area contributed by atoms with E-state index in [0.717, 1.165) is 17.7 Å². The zero-order valence-corrected chi connectivity index (χ0v) is 12.5. The Morgan fingerprint density at radius 1 is 1.24 bits per heavy atom. The van der Waals surface area contributed by atoms with Crippen LogP contribution in [0.4, 0.5) is 0 Å². The SMILES string of the molecule is COc1ccc(CC(Cc2cn(C)nn2)NN)cc1OC. The fourth-order valence-corrected chi connectivity index (χ4v) is 2.22. The summed E-state index contributed by atoms with van der Waals surface area (Å²) in [6, 6.07) is 5.92. The first kappa shape index (κ1) is 15.3. The van der Waals surface area contributed by atoms with Crippen LogP contribution in [0.15, 0.2) is 24.4 Å². The van der Waals surface area contributed by atoms with Crippen molar-refractivity contribution in [1.82, 2.24) is 20.4 Å². The van der Waals surface area contributed by atoms with Crippen LogP contribution in [-0.4, -0.2) is 35.3 Å². The van der Waals surface area contributed by atoms with E-state index in [-0.39, 0.29) is 6.04 Å². The van der Waals surface area contributed by atoms with Gasteiger partial charge in [0, 0.05) is 25.7 Å². The number of aromatic nitrogens is 3. The lowest BCUT2D eigenvalue weighted by Gasteiger charge is -2.16. The van der Waals surface area contributed by atoms with Gasteiger partial charge in [0.2, 0.25) is 0 Å². The van der Waals surface area contributed by atoms with E-state index < -0.39 is 0 Å². The van der Waals surface area contributed by atoms with Crippen LogP contribution in [0.3, 0.4) is 0 Å². The minimum atomic E-state index is 0.0693. The largest absolute Gasteiger partial charge is 0.493 e. The van der Waals surface area contributed by atoms with Crippen molar-refractivity contribution in [3.8, 4) is 11.5 Å². The van der Waals surface area contributed by atoms with Gasteiger partial charge in [-0.05, 0) is 24.1 Å². The normalized spacial score (nSPS) is 12.2. The van der Waals surface area contributed by atoms with Gasteiger partial charge in [0.05, 0.1) is 19.9 Å². The summed E-state index contributed by atoms with van der Waals surface area (Å²) in [7, 11) is 5.09. The summed E-state index contributed by atoms with van der Waals surface area (Å²) in [5, 5.41) is 8.00. The number of methoxy groups -OCH3 is 2. The van der Waals surface area contributed by atoms with E-state index in [1.807, 2.05) is 31.4 Å². The van der Waals surface area contributed by atoms with E-state index in [1.165, 1.54) is 0 Å². The summed E-state index contributed by atoms with van der Waals surface area (Å²) in [6.07, 6.45) is 3.35. The van der Waals surface area contributed by atoms with Crippen molar-refractivity contribution >= 4 is 0 Å². The van der Waals surface area contributed by atoms with Crippen LogP contribution in [0.2, 0.25) is 0 Å². The Kier molecular flexibility index (Phi) is 5.13. The van der Waals surface area contributed by atoms with Crippen molar-refractivity contribution in [3.05, 3.63) is 35.7 Å². The number of hydrazine groups is 1. The second-order valence-corrected chi connectivity index (χ2v) is 4.84. The van der Waals surface area contributed by atoms with E-state index in [1.54, 1.807) is 18.9 Å². The molecular formula is C14H21N5O2. The molecule has 1 aromatic heterocycles. The first-order chi connectivity index (χ1) is 10.2. The van der Waals surface area contributed by atoms with E-state index in [9.17, 15) is 0 Å². The molecule has 7 nitrogen and oxygen atoms in total. The van der Waals surface area contributed by atoms with Crippen molar-refractivity contribution in [1.29, 1.82) is 0 Å². The second kappa shape index (κ2) is 7.05. The number of nitrogens with one attached hydrogen (secondary N) is 1. The summed E-state index contributed by atoms with van der Waals surface area (Å²) < 4.78 is 12.2. The average Bonchev–Trinajstić information content (AvgIpc) is 2.91. The minimum Gasteiger partial charge on any atom is -0.493 e. The highest BCUT2D eigenvalue weighted by Crippen LogP contribution is 2.28. The molecule has 2 aromatic rings. The fourth-order valence-electron chi connectivity index (χ4n) is 2.22. The van der Waals surface area contributed by atoms with Gasteiger partial charge in [0.1, 0.15) is 0 Å². The number of hydrogen-bond donors (Lipinski definition) is 2. The Bertz CT molecular complexity index is 584. The molecule has 0 saturated heterocycles. The molecule has 1 atom stereocenters. The fraction of sp³-hybridized carbons (Fsp3) is 0.429. The molecule has 0 aliphatic carbocycles. The molecule has 0 aliphatic heterocycles. The zero-order chi connectivity index (χ0) is 15.2. The standard InChI is InChI=1S/C14H21N5O2/c1-19-9-12(17-18-19)8-11(16-15)6-10-4-5-13(20-2)14(7-10)21-3/h4-5,7,9,11,16H,6,8,15H2,1-3H3. The maximum atomic E-state index is 5.64. The lowest BCUT2D eigenvalue weighted by Crippen LogP contribution is -2.38. The second-order valence-electron chi connectivity index (χ2n) is 4.84. The number of benzene rings is 1. The number of rotatable bonds is 7. The maximum Gasteiger partial charge on any atom is 0.160 e. The summed E-state index contributed by atoms with van der Waals surface area (Å²) >= 11 is 0. The molecule has 2 rings (SSSR count). The predicted molar refractivity (Wildman–Crippen MR) is 79.1 cm³/mol. The van der Waals surface area contributed by atoms with Gasteiger partial charge in [-0.25, -0.2) is 0 Å². The Morgan fingerprint density at radius 2 is 2.00 bits per heavy atom. The van der Waals surface area contributed by atoms with Gasteiger partial charge in [0.15, 0.2) is 11.5 Å². The minimum absolute atomic E-state index is 0.0693. The number of hydrogen-bond acceptors (Lipinski definition) is 6. The molecule has 7 heteroatoms. The van der Waals surface area contributed by atoms with Gasteiger partial charge in [-0.15, -0.1) is 5.10 Å². The molecular weight excluding hydrogens is 270 g/mol. The van der Waals surface area contributed by atoms with E-state index in [0.29, 0.717) is 17.9 Å². The average molecular weight is 291 g/mol. The topological polar surface area (TPSA) is 87.2 Å². The van der Waals surface area contributed by atoms with Gasteiger partial charge < -0.3 is 9.47 Å². The zero-order valence-electron chi connectivity index (χ0n) is 12.5. The van der Waals surface area contributed by atoms with Crippen molar-refractivity contribution in [2.45, 2.75) is 18.9 Å². The molecule has 21 heavy (non-hydrogen) atoms. The molecule has 0 spiro atoms. The lowest BCUT2D eigenvalue weighted by atomic mass is 10.0. The monoisotopic (exact) mass is 291 g/mol. The summed E-state index contributed by atoms with van der Waals surface area (Å²) in [5.41, 5.74) is 4.84. The Hall–Kier alpha value is -2.12. The first-order valence-corrected chi connectivity index (χ1v) is 6.68. The van der Waals surface area contributed by atoms with Crippen molar-refractivity contribution in [2.75, 3.05) is 14.2 Å². The van der Waals surface area contributed by atoms with Crippen LogP contribution in [-0.2, 0) is 19.9 Å². The van der Waals surface area contributed by atoms with Gasteiger partial charge in [-0.2, -0.15) is 0 Å². The molecule has 1 unspecified atom stereocenters. The molecule has 0 bridgehead atoms. The number of ether oxygens (including phenoxy) is 2. The van der Waals surface area contributed by atoms with Gasteiger partial charge in [-0.3, -0.25) is 16.0 Å². The summed E-state index contributed by atoms with van der Waals surface area (Å²) in [5.74, 6) is 7.07.